The first-order chi connectivity index (χ1) is 9.24. The van der Waals surface area contributed by atoms with Gasteiger partial charge in [0.15, 0.2) is 0 Å². The zero-order valence-electron chi connectivity index (χ0n) is 10.3. The van der Waals surface area contributed by atoms with E-state index in [0.717, 1.165) is 11.0 Å². The predicted octanol–water partition coefficient (Wildman–Crippen LogP) is 3.27. The highest BCUT2D eigenvalue weighted by Crippen LogP contribution is 2.20. The van der Waals surface area contributed by atoms with Gasteiger partial charge in [-0.1, -0.05) is 22.0 Å². The number of nitrogens with zero attached hydrogens (tertiary/aromatic N) is 2. The minimum Gasteiger partial charge on any atom is -0.346 e. The topological polar surface area (TPSA) is 26.9 Å². The summed E-state index contributed by atoms with van der Waals surface area (Å²) >= 11 is 3.47. The van der Waals surface area contributed by atoms with Gasteiger partial charge in [0, 0.05) is 46.9 Å². The molecule has 19 heavy (non-hydrogen) atoms. The first kappa shape index (κ1) is 12.2. The van der Waals surface area contributed by atoms with E-state index in [1.54, 1.807) is 16.7 Å². The smallest absolute Gasteiger partial charge is 0.250 e. The van der Waals surface area contributed by atoms with E-state index in [1.165, 1.54) is 10.9 Å². The van der Waals surface area contributed by atoms with Gasteiger partial charge in [-0.05, 0) is 30.3 Å². The summed E-state index contributed by atoms with van der Waals surface area (Å²) in [5, 5.41) is 1.20. The molecule has 2 aromatic heterocycles. The van der Waals surface area contributed by atoms with Crippen molar-refractivity contribution in [2.45, 2.75) is 13.1 Å². The number of hydrogen-bond acceptors (Lipinski definition) is 1. The molecule has 0 aliphatic carbocycles. The van der Waals surface area contributed by atoms with Crippen LogP contribution < -0.4 is 5.56 Å². The third-order valence-electron chi connectivity index (χ3n) is 3.21. The van der Waals surface area contributed by atoms with Crippen LogP contribution in [0, 0.1) is 0 Å². The van der Waals surface area contributed by atoms with Crippen LogP contribution in [0.3, 0.4) is 0 Å². The summed E-state index contributed by atoms with van der Waals surface area (Å²) in [5.74, 6) is 0. The summed E-state index contributed by atoms with van der Waals surface area (Å²) in [5.41, 5.74) is 1.23. The highest BCUT2D eigenvalue weighted by Gasteiger charge is 2.02. The second-order valence-electron chi connectivity index (χ2n) is 4.44. The Morgan fingerprint density at radius 1 is 0.947 bits per heavy atom. The van der Waals surface area contributed by atoms with Crippen molar-refractivity contribution in [3.8, 4) is 0 Å². The summed E-state index contributed by atoms with van der Waals surface area (Å²) in [4.78, 5) is 11.6. The van der Waals surface area contributed by atoms with Crippen LogP contribution in [0.1, 0.15) is 0 Å². The van der Waals surface area contributed by atoms with Crippen LogP contribution >= 0.6 is 15.9 Å². The van der Waals surface area contributed by atoms with Crippen LogP contribution in [0.15, 0.2) is 64.1 Å². The SMILES string of the molecule is O=c1ccccn1CCn1ccc2cc(Br)ccc21. The standard InChI is InChI=1S/C15H13BrN2O/c16-13-4-5-14-12(11-13)6-8-17(14)9-10-18-7-2-1-3-15(18)19/h1-8,11H,9-10H2. The minimum absolute atomic E-state index is 0.0432. The fraction of sp³-hybridized carbons (Fsp3) is 0.133. The number of fused-ring (bicyclic) bond motifs is 1. The molecule has 2 heterocycles. The molecule has 1 aromatic carbocycles. The van der Waals surface area contributed by atoms with Crippen LogP contribution in [0.2, 0.25) is 0 Å². The molecular weight excluding hydrogens is 304 g/mol. The molecular formula is C15H13BrN2O. The molecule has 0 unspecified atom stereocenters. The summed E-state index contributed by atoms with van der Waals surface area (Å²) in [6.07, 6.45) is 3.88. The molecule has 4 heteroatoms. The number of rotatable bonds is 3. The minimum atomic E-state index is 0.0432. The maximum absolute atomic E-state index is 11.6. The number of aryl methyl sites for hydroxylation is 2. The second kappa shape index (κ2) is 5.05. The lowest BCUT2D eigenvalue weighted by molar-refractivity contribution is 0.577. The van der Waals surface area contributed by atoms with Crippen molar-refractivity contribution in [2.75, 3.05) is 0 Å². The molecule has 96 valence electrons. The highest BCUT2D eigenvalue weighted by molar-refractivity contribution is 9.10. The average Bonchev–Trinajstić information content (AvgIpc) is 2.80. The van der Waals surface area contributed by atoms with E-state index in [-0.39, 0.29) is 5.56 Å². The maximum atomic E-state index is 11.6. The van der Waals surface area contributed by atoms with Crippen LogP contribution in [0.5, 0.6) is 0 Å². The van der Waals surface area contributed by atoms with E-state index in [9.17, 15) is 4.79 Å². The number of benzene rings is 1. The van der Waals surface area contributed by atoms with Gasteiger partial charge in [0.25, 0.3) is 5.56 Å². The van der Waals surface area contributed by atoms with Gasteiger partial charge >= 0.3 is 0 Å². The van der Waals surface area contributed by atoms with E-state index < -0.39 is 0 Å². The Morgan fingerprint density at radius 2 is 1.79 bits per heavy atom. The van der Waals surface area contributed by atoms with Crippen LogP contribution in [-0.2, 0) is 13.1 Å². The predicted molar refractivity (Wildman–Crippen MR) is 80.3 cm³/mol. The largest absolute Gasteiger partial charge is 0.346 e. The summed E-state index contributed by atoms with van der Waals surface area (Å²) in [6.45, 7) is 1.47. The van der Waals surface area contributed by atoms with E-state index >= 15 is 0 Å². The zero-order chi connectivity index (χ0) is 13.2. The fourth-order valence-corrected chi connectivity index (χ4v) is 2.61. The lowest BCUT2D eigenvalue weighted by atomic mass is 10.2. The third-order valence-corrected chi connectivity index (χ3v) is 3.71. The average molecular weight is 317 g/mol. The van der Waals surface area contributed by atoms with Gasteiger partial charge in [-0.2, -0.15) is 0 Å². The summed E-state index contributed by atoms with van der Waals surface area (Å²) < 4.78 is 4.98. The molecule has 0 fully saturated rings. The molecule has 0 radical (unpaired) electrons. The Kier molecular flexibility index (Phi) is 3.25. The van der Waals surface area contributed by atoms with Crippen LogP contribution in [0.25, 0.3) is 10.9 Å². The molecule has 0 saturated heterocycles. The number of aromatic nitrogens is 2. The molecule has 0 atom stereocenters. The normalized spacial score (nSPS) is 11.0. The van der Waals surface area contributed by atoms with Crippen molar-refractivity contribution in [2.24, 2.45) is 0 Å². The maximum Gasteiger partial charge on any atom is 0.250 e. The lowest BCUT2D eigenvalue weighted by Gasteiger charge is -2.07. The third kappa shape index (κ3) is 2.49. The fourth-order valence-electron chi connectivity index (χ4n) is 2.23. The Labute approximate surface area is 119 Å². The Hall–Kier alpha value is -1.81. The van der Waals surface area contributed by atoms with Crippen molar-refractivity contribution in [3.05, 3.63) is 69.7 Å². The van der Waals surface area contributed by atoms with Gasteiger partial charge in [-0.15, -0.1) is 0 Å². The van der Waals surface area contributed by atoms with Gasteiger partial charge in [0.2, 0.25) is 0 Å². The van der Waals surface area contributed by atoms with E-state index in [2.05, 4.69) is 44.9 Å². The van der Waals surface area contributed by atoms with Crippen molar-refractivity contribution >= 4 is 26.8 Å². The van der Waals surface area contributed by atoms with Crippen molar-refractivity contribution < 1.29 is 0 Å². The molecule has 0 amide bonds. The van der Waals surface area contributed by atoms with E-state index in [4.69, 9.17) is 0 Å². The zero-order valence-corrected chi connectivity index (χ0v) is 11.9. The van der Waals surface area contributed by atoms with Gasteiger partial charge in [-0.3, -0.25) is 4.79 Å². The van der Waals surface area contributed by atoms with E-state index in [0.29, 0.717) is 6.54 Å². The molecule has 0 spiro atoms. The summed E-state index contributed by atoms with van der Waals surface area (Å²) in [6, 6.07) is 13.5. The van der Waals surface area contributed by atoms with E-state index in [1.807, 2.05) is 18.3 Å². The molecule has 3 aromatic rings. The Bertz CT molecular complexity index is 773. The molecule has 3 rings (SSSR count). The van der Waals surface area contributed by atoms with Gasteiger partial charge in [0.1, 0.15) is 0 Å². The summed E-state index contributed by atoms with van der Waals surface area (Å²) in [7, 11) is 0. The highest BCUT2D eigenvalue weighted by atomic mass is 79.9. The molecule has 0 saturated carbocycles. The van der Waals surface area contributed by atoms with Gasteiger partial charge in [-0.25, -0.2) is 0 Å². The van der Waals surface area contributed by atoms with Gasteiger partial charge in [0.05, 0.1) is 0 Å². The quantitative estimate of drug-likeness (QED) is 0.728. The van der Waals surface area contributed by atoms with Crippen molar-refractivity contribution in [3.63, 3.8) is 0 Å². The molecule has 0 aliphatic rings. The van der Waals surface area contributed by atoms with Crippen molar-refractivity contribution in [1.82, 2.24) is 9.13 Å². The Morgan fingerprint density at radius 3 is 2.63 bits per heavy atom. The number of pyridine rings is 1. The van der Waals surface area contributed by atoms with Crippen LogP contribution in [-0.4, -0.2) is 9.13 Å². The number of hydrogen-bond donors (Lipinski definition) is 0. The molecule has 0 bridgehead atoms. The first-order valence-electron chi connectivity index (χ1n) is 6.14. The first-order valence-corrected chi connectivity index (χ1v) is 6.93. The van der Waals surface area contributed by atoms with Crippen molar-refractivity contribution in [1.29, 1.82) is 0 Å². The van der Waals surface area contributed by atoms with Crippen LogP contribution in [0.4, 0.5) is 0 Å². The molecule has 0 N–H and O–H groups in total. The monoisotopic (exact) mass is 316 g/mol. The molecule has 0 aliphatic heterocycles. The van der Waals surface area contributed by atoms with Gasteiger partial charge < -0.3 is 9.13 Å². The molecule has 3 nitrogen and oxygen atoms in total. The lowest BCUT2D eigenvalue weighted by Crippen LogP contribution is -2.20. The number of halogens is 1. The second-order valence-corrected chi connectivity index (χ2v) is 5.36. The Balaban J connectivity index is 1.86.